The Balaban J connectivity index is -0.000000151. The Kier molecular flexibility index (Phi) is 27.7. The summed E-state index contributed by atoms with van der Waals surface area (Å²) in [6.07, 6.45) is -5.99. The fraction of sp³-hybridized carbons (Fsp3) is 1.00. The van der Waals surface area contributed by atoms with E-state index in [9.17, 15) is 0 Å². The van der Waals surface area contributed by atoms with Gasteiger partial charge in [-0.3, -0.25) is 0 Å². The van der Waals surface area contributed by atoms with Crippen molar-refractivity contribution in [2.24, 2.45) is 0 Å². The van der Waals surface area contributed by atoms with E-state index in [4.69, 9.17) is 20.4 Å². The summed E-state index contributed by atoms with van der Waals surface area (Å²) < 4.78 is 4.68. The molecule has 0 aromatic carbocycles. The molecule has 1 heterocycles. The van der Waals surface area contributed by atoms with Gasteiger partial charge in [0.25, 0.3) is 0 Å². The molecule has 1 aliphatic heterocycles. The van der Waals surface area contributed by atoms with Crippen LogP contribution in [0.1, 0.15) is 6.92 Å². The van der Waals surface area contributed by atoms with E-state index >= 15 is 0 Å². The van der Waals surface area contributed by atoms with Gasteiger partial charge in [0.15, 0.2) is 6.29 Å². The van der Waals surface area contributed by atoms with Gasteiger partial charge >= 0.3 is 0 Å². The van der Waals surface area contributed by atoms with Crippen LogP contribution in [0.3, 0.4) is 0 Å². The molecular formula is C6H12Ac4O5. The first-order chi connectivity index (χ1) is 5.04. The van der Waals surface area contributed by atoms with Crippen LogP contribution in [0.15, 0.2) is 0 Å². The average molecular weight is 1070 g/mol. The number of hydrogen-bond acceptors (Lipinski definition) is 5. The van der Waals surface area contributed by atoms with Crippen molar-refractivity contribution in [1.82, 2.24) is 0 Å². The first-order valence-corrected chi connectivity index (χ1v) is 3.41. The fourth-order valence-corrected chi connectivity index (χ4v) is 1.03. The van der Waals surface area contributed by atoms with Gasteiger partial charge < -0.3 is 25.2 Å². The van der Waals surface area contributed by atoms with Gasteiger partial charge in [-0.05, 0) is 6.92 Å². The predicted molar refractivity (Wildman–Crippen MR) is 34.6 cm³/mol. The SMILES string of the molecule is C[C@H]1OC(O)[C@H](O)[C@@H](O)[C@@H]1O.[Ac].[Ac].[Ac].[Ac]. The molecule has 0 aromatic heterocycles. The van der Waals surface area contributed by atoms with Crippen molar-refractivity contribution in [2.75, 3.05) is 0 Å². The van der Waals surface area contributed by atoms with Crippen LogP contribution in [0.2, 0.25) is 0 Å². The summed E-state index contributed by atoms with van der Waals surface area (Å²) in [7, 11) is 0. The largest absolute Gasteiger partial charge is 0.388 e. The Morgan fingerprint density at radius 2 is 1.13 bits per heavy atom. The molecule has 0 aliphatic carbocycles. The van der Waals surface area contributed by atoms with Crippen molar-refractivity contribution in [2.45, 2.75) is 37.6 Å². The third-order valence-corrected chi connectivity index (χ3v) is 1.83. The smallest absolute Gasteiger partial charge is 0.183 e. The number of rotatable bonds is 0. The molecule has 15 heavy (non-hydrogen) atoms. The van der Waals surface area contributed by atoms with Crippen LogP contribution < -0.4 is 0 Å². The summed E-state index contributed by atoms with van der Waals surface area (Å²) >= 11 is 0. The van der Waals surface area contributed by atoms with Crippen LogP contribution in [-0.4, -0.2) is 51.1 Å². The van der Waals surface area contributed by atoms with E-state index < -0.39 is 30.7 Å². The van der Waals surface area contributed by atoms with E-state index in [1.807, 2.05) is 0 Å². The van der Waals surface area contributed by atoms with E-state index in [1.54, 1.807) is 0 Å². The monoisotopic (exact) mass is 1070 g/mol. The second-order valence-corrected chi connectivity index (χ2v) is 2.70. The summed E-state index contributed by atoms with van der Waals surface area (Å²) in [4.78, 5) is 0. The molecule has 0 saturated carbocycles. The number of aliphatic hydroxyl groups excluding tert-OH is 4. The normalized spacial score (nSPS) is 38.6. The molecule has 4 radical (unpaired) electrons. The zero-order valence-electron chi connectivity index (χ0n) is 8.39. The molecule has 0 spiro atoms. The topological polar surface area (TPSA) is 90.2 Å². The zero-order chi connectivity index (χ0) is 8.59. The molecule has 1 unspecified atom stereocenters. The van der Waals surface area contributed by atoms with Crippen LogP contribution in [0.4, 0.5) is 0 Å². The van der Waals surface area contributed by atoms with Crippen molar-refractivity contribution in [3.05, 3.63) is 0 Å². The molecule has 1 rings (SSSR count). The van der Waals surface area contributed by atoms with Crippen LogP contribution >= 0.6 is 0 Å². The van der Waals surface area contributed by atoms with Crippen molar-refractivity contribution >= 4 is 0 Å². The summed E-state index contributed by atoms with van der Waals surface area (Å²) in [5.74, 6) is 0. The average Bonchev–Trinajstić information content (AvgIpc) is 1.97. The molecule has 0 bridgehead atoms. The van der Waals surface area contributed by atoms with Crippen molar-refractivity contribution in [3.63, 3.8) is 0 Å². The fourth-order valence-electron chi connectivity index (χ4n) is 1.03. The van der Waals surface area contributed by atoms with Gasteiger partial charge in [-0.1, -0.05) is 0 Å². The van der Waals surface area contributed by atoms with Crippen molar-refractivity contribution in [3.8, 4) is 0 Å². The minimum atomic E-state index is -1.43. The molecule has 1 fully saturated rings. The summed E-state index contributed by atoms with van der Waals surface area (Å²) in [6.45, 7) is 1.50. The van der Waals surface area contributed by atoms with Gasteiger partial charge in [0.05, 0.1) is 6.10 Å². The molecule has 1 aliphatic rings. The van der Waals surface area contributed by atoms with Crippen LogP contribution in [0.5, 0.6) is 0 Å². The Morgan fingerprint density at radius 1 is 0.733 bits per heavy atom. The van der Waals surface area contributed by atoms with E-state index in [2.05, 4.69) is 4.74 Å². The standard InChI is InChI=1S/C6H12O5.4Ac/c1-2-3(7)4(8)5(9)6(10)11-2;;;;/h2-10H,1H3;;;;/t2-,3-,4+,5-,6?;;;;/m1..../s1. The maximum Gasteiger partial charge on any atom is 0.183 e. The second-order valence-electron chi connectivity index (χ2n) is 2.70. The number of hydrogen-bond donors (Lipinski definition) is 4. The maximum atomic E-state index is 9.09. The second kappa shape index (κ2) is 14.5. The minimum Gasteiger partial charge on any atom is -0.388 e. The van der Waals surface area contributed by atoms with Gasteiger partial charge in [-0.2, -0.15) is 0 Å². The van der Waals surface area contributed by atoms with E-state index in [-0.39, 0.29) is 176 Å². The number of ether oxygens (including phenoxy) is 1. The van der Waals surface area contributed by atoms with E-state index in [0.717, 1.165) is 0 Å². The van der Waals surface area contributed by atoms with Crippen LogP contribution in [-0.2, 0) is 4.74 Å². The molecular weight excluding hydrogens is 1060 g/mol. The zero-order valence-corrected chi connectivity index (χ0v) is 27.4. The van der Waals surface area contributed by atoms with Crippen molar-refractivity contribution in [1.29, 1.82) is 0 Å². The van der Waals surface area contributed by atoms with Crippen molar-refractivity contribution < 1.29 is 201 Å². The third-order valence-electron chi connectivity index (χ3n) is 1.83. The molecule has 5 atom stereocenters. The van der Waals surface area contributed by atoms with Gasteiger partial charge in [0, 0.05) is 176 Å². The molecule has 0 aromatic rings. The van der Waals surface area contributed by atoms with Crippen LogP contribution in [0, 0.1) is 176 Å². The predicted octanol–water partition coefficient (Wildman–Crippen LogP) is -2.19. The van der Waals surface area contributed by atoms with Gasteiger partial charge in [0.2, 0.25) is 0 Å². The Hall–Kier alpha value is 5.57. The summed E-state index contributed by atoms with van der Waals surface area (Å²) in [6, 6.07) is 0. The first kappa shape index (κ1) is 28.7. The molecule has 4 N–H and O–H groups in total. The Bertz CT molecular complexity index is 137. The summed E-state index contributed by atoms with van der Waals surface area (Å²) in [5, 5.41) is 36.0. The third kappa shape index (κ3) is 9.24. The van der Waals surface area contributed by atoms with E-state index in [0.29, 0.717) is 0 Å². The maximum absolute atomic E-state index is 9.09. The minimum absolute atomic E-state index is 0. The number of aliphatic hydroxyl groups is 4. The summed E-state index contributed by atoms with van der Waals surface area (Å²) in [5.41, 5.74) is 0. The molecule has 1 saturated heterocycles. The van der Waals surface area contributed by atoms with Crippen LogP contribution in [0.25, 0.3) is 0 Å². The van der Waals surface area contributed by atoms with E-state index in [1.165, 1.54) is 6.92 Å². The molecule has 5 nitrogen and oxygen atoms in total. The first-order valence-electron chi connectivity index (χ1n) is 3.41. The Morgan fingerprint density at radius 3 is 1.53 bits per heavy atom. The van der Waals surface area contributed by atoms with Gasteiger partial charge in [0.1, 0.15) is 18.3 Å². The molecule has 78 valence electrons. The van der Waals surface area contributed by atoms with Gasteiger partial charge in [-0.25, -0.2) is 0 Å². The quantitative estimate of drug-likeness (QED) is 0.222. The Labute approximate surface area is 232 Å². The van der Waals surface area contributed by atoms with Gasteiger partial charge in [-0.15, -0.1) is 0 Å². The molecule has 0 amide bonds. The molecule has 9 heteroatoms.